The van der Waals surface area contributed by atoms with Gasteiger partial charge in [0.25, 0.3) is 5.91 Å². The van der Waals surface area contributed by atoms with Crippen LogP contribution in [-0.4, -0.2) is 17.0 Å². The Kier molecular flexibility index (Phi) is 4.45. The number of anilines is 1. The number of oxime groups is 1. The van der Waals surface area contributed by atoms with E-state index in [1.54, 1.807) is 24.3 Å². The molecule has 0 aliphatic heterocycles. The Hall–Kier alpha value is -2.53. The van der Waals surface area contributed by atoms with Crippen molar-refractivity contribution in [1.29, 1.82) is 0 Å². The maximum Gasteiger partial charge on any atom is 0.255 e. The van der Waals surface area contributed by atoms with E-state index in [0.29, 0.717) is 21.8 Å². The lowest BCUT2D eigenvalue weighted by Crippen LogP contribution is -2.15. The predicted molar refractivity (Wildman–Crippen MR) is 83.1 cm³/mol. The van der Waals surface area contributed by atoms with Crippen LogP contribution in [0, 0.1) is 6.92 Å². The second kappa shape index (κ2) is 6.28. The van der Waals surface area contributed by atoms with E-state index in [1.807, 2.05) is 19.1 Å². The first-order chi connectivity index (χ1) is 10.0. The quantitative estimate of drug-likeness (QED) is 0.352. The molecule has 0 fully saturated rings. The number of nitrogens with zero attached hydrogens (tertiary/aromatic N) is 1. The average molecular weight is 304 g/mol. The first-order valence-corrected chi connectivity index (χ1v) is 6.54. The summed E-state index contributed by atoms with van der Waals surface area (Å²) < 4.78 is 0. The standard InChI is InChI=1S/C15H14ClN3O2/c1-9-3-2-4-11(7-9)15(20)18-13-6-5-10(8-12(13)16)14(17)19-21/h2-8,21H,1H3,(H2,17,19)(H,18,20). The molecular formula is C15H14ClN3O2. The van der Waals surface area contributed by atoms with Gasteiger partial charge in [-0.1, -0.05) is 34.5 Å². The fourth-order valence-electron chi connectivity index (χ4n) is 1.81. The molecule has 0 saturated carbocycles. The highest BCUT2D eigenvalue weighted by atomic mass is 35.5. The van der Waals surface area contributed by atoms with Gasteiger partial charge in [0.1, 0.15) is 0 Å². The molecule has 1 amide bonds. The third kappa shape index (κ3) is 3.52. The maximum atomic E-state index is 12.1. The van der Waals surface area contributed by atoms with E-state index in [2.05, 4.69) is 10.5 Å². The van der Waals surface area contributed by atoms with Crippen molar-refractivity contribution in [3.05, 3.63) is 64.2 Å². The number of amidine groups is 1. The molecule has 0 saturated heterocycles. The van der Waals surface area contributed by atoms with Crippen LogP contribution in [0.5, 0.6) is 0 Å². The Labute approximate surface area is 127 Å². The monoisotopic (exact) mass is 303 g/mol. The van der Waals surface area contributed by atoms with E-state index < -0.39 is 0 Å². The van der Waals surface area contributed by atoms with Crippen molar-refractivity contribution >= 4 is 29.0 Å². The summed E-state index contributed by atoms with van der Waals surface area (Å²) in [7, 11) is 0. The van der Waals surface area contributed by atoms with Gasteiger partial charge in [-0.15, -0.1) is 0 Å². The van der Waals surface area contributed by atoms with Crippen molar-refractivity contribution < 1.29 is 10.0 Å². The second-order valence-electron chi connectivity index (χ2n) is 4.50. The van der Waals surface area contributed by atoms with Gasteiger partial charge < -0.3 is 16.3 Å². The lowest BCUT2D eigenvalue weighted by Gasteiger charge is -2.09. The summed E-state index contributed by atoms with van der Waals surface area (Å²) in [6.07, 6.45) is 0. The van der Waals surface area contributed by atoms with Crippen molar-refractivity contribution in [2.24, 2.45) is 10.9 Å². The Bertz CT molecular complexity index is 714. The molecule has 0 atom stereocenters. The molecule has 0 aliphatic carbocycles. The average Bonchev–Trinajstić information content (AvgIpc) is 2.48. The fraction of sp³-hybridized carbons (Fsp3) is 0.0667. The highest BCUT2D eigenvalue weighted by molar-refractivity contribution is 6.34. The van der Waals surface area contributed by atoms with E-state index in [4.69, 9.17) is 22.5 Å². The first-order valence-electron chi connectivity index (χ1n) is 6.16. The maximum absolute atomic E-state index is 12.1. The molecule has 0 aromatic heterocycles. The smallest absolute Gasteiger partial charge is 0.255 e. The van der Waals surface area contributed by atoms with E-state index >= 15 is 0 Å². The Morgan fingerprint density at radius 2 is 2.00 bits per heavy atom. The Morgan fingerprint density at radius 1 is 1.24 bits per heavy atom. The van der Waals surface area contributed by atoms with E-state index in [9.17, 15) is 4.79 Å². The zero-order valence-corrected chi connectivity index (χ0v) is 12.1. The summed E-state index contributed by atoms with van der Waals surface area (Å²) in [5, 5.41) is 14.5. The van der Waals surface area contributed by atoms with Crippen molar-refractivity contribution in [2.45, 2.75) is 6.92 Å². The molecule has 0 bridgehead atoms. The van der Waals surface area contributed by atoms with Gasteiger partial charge in [0, 0.05) is 11.1 Å². The van der Waals surface area contributed by atoms with Crippen LogP contribution in [0.1, 0.15) is 21.5 Å². The number of aryl methyl sites for hydroxylation is 1. The molecule has 2 aromatic rings. The summed E-state index contributed by atoms with van der Waals surface area (Å²) in [5.41, 5.74) is 7.95. The lowest BCUT2D eigenvalue weighted by molar-refractivity contribution is 0.102. The van der Waals surface area contributed by atoms with Crippen LogP contribution >= 0.6 is 11.6 Å². The Morgan fingerprint density at radius 3 is 2.62 bits per heavy atom. The van der Waals surface area contributed by atoms with Crippen molar-refractivity contribution in [1.82, 2.24) is 0 Å². The highest BCUT2D eigenvalue weighted by Crippen LogP contribution is 2.23. The van der Waals surface area contributed by atoms with Gasteiger partial charge in [0.15, 0.2) is 5.84 Å². The molecule has 0 heterocycles. The van der Waals surface area contributed by atoms with Gasteiger partial charge in [-0.2, -0.15) is 0 Å². The molecule has 0 aliphatic rings. The van der Waals surface area contributed by atoms with Crippen LogP contribution in [0.4, 0.5) is 5.69 Å². The molecule has 4 N–H and O–H groups in total. The number of hydrogen-bond donors (Lipinski definition) is 3. The van der Waals surface area contributed by atoms with Crippen LogP contribution < -0.4 is 11.1 Å². The number of nitrogens with two attached hydrogens (primary N) is 1. The minimum absolute atomic E-state index is 0.0477. The van der Waals surface area contributed by atoms with E-state index in [-0.39, 0.29) is 11.7 Å². The summed E-state index contributed by atoms with van der Waals surface area (Å²) in [6.45, 7) is 1.91. The topological polar surface area (TPSA) is 87.7 Å². The SMILES string of the molecule is Cc1cccc(C(=O)Nc2ccc(/C(N)=N/O)cc2Cl)c1. The molecule has 5 nitrogen and oxygen atoms in total. The van der Waals surface area contributed by atoms with Gasteiger partial charge in [0.2, 0.25) is 0 Å². The van der Waals surface area contributed by atoms with Gasteiger partial charge >= 0.3 is 0 Å². The minimum Gasteiger partial charge on any atom is -0.409 e. The van der Waals surface area contributed by atoms with Crippen LogP contribution in [0.3, 0.4) is 0 Å². The summed E-state index contributed by atoms with van der Waals surface area (Å²) in [6, 6.07) is 12.0. The number of benzene rings is 2. The number of halogens is 1. The van der Waals surface area contributed by atoms with Crippen molar-refractivity contribution in [3.63, 3.8) is 0 Å². The van der Waals surface area contributed by atoms with Crippen LogP contribution in [0.2, 0.25) is 5.02 Å². The lowest BCUT2D eigenvalue weighted by atomic mass is 10.1. The number of amides is 1. The molecule has 2 rings (SSSR count). The summed E-state index contributed by atoms with van der Waals surface area (Å²) in [4.78, 5) is 12.1. The molecule has 0 unspecified atom stereocenters. The zero-order chi connectivity index (χ0) is 15.4. The third-order valence-corrected chi connectivity index (χ3v) is 3.21. The van der Waals surface area contributed by atoms with Crippen LogP contribution in [-0.2, 0) is 0 Å². The van der Waals surface area contributed by atoms with Crippen LogP contribution in [0.15, 0.2) is 47.6 Å². The molecular weight excluding hydrogens is 290 g/mol. The largest absolute Gasteiger partial charge is 0.409 e. The van der Waals surface area contributed by atoms with Gasteiger partial charge in [-0.25, -0.2) is 0 Å². The van der Waals surface area contributed by atoms with E-state index in [1.165, 1.54) is 6.07 Å². The number of hydrogen-bond acceptors (Lipinski definition) is 3. The molecule has 0 radical (unpaired) electrons. The molecule has 6 heteroatoms. The molecule has 108 valence electrons. The summed E-state index contributed by atoms with van der Waals surface area (Å²) >= 11 is 6.09. The molecule has 21 heavy (non-hydrogen) atoms. The third-order valence-electron chi connectivity index (χ3n) is 2.90. The predicted octanol–water partition coefficient (Wildman–Crippen LogP) is 3.00. The van der Waals surface area contributed by atoms with Gasteiger partial charge in [0.05, 0.1) is 10.7 Å². The van der Waals surface area contributed by atoms with Gasteiger partial charge in [-0.05, 0) is 37.3 Å². The second-order valence-corrected chi connectivity index (χ2v) is 4.91. The number of rotatable bonds is 3. The number of carbonyl (C=O) groups is 1. The van der Waals surface area contributed by atoms with Crippen LogP contribution in [0.25, 0.3) is 0 Å². The number of nitrogens with one attached hydrogen (secondary N) is 1. The molecule has 2 aromatic carbocycles. The van der Waals surface area contributed by atoms with Crippen molar-refractivity contribution in [3.8, 4) is 0 Å². The summed E-state index contributed by atoms with van der Waals surface area (Å²) in [5.74, 6) is -0.300. The molecule has 0 spiro atoms. The first kappa shape index (κ1) is 14.9. The van der Waals surface area contributed by atoms with E-state index in [0.717, 1.165) is 5.56 Å². The number of carbonyl (C=O) groups excluding carboxylic acids is 1. The fourth-order valence-corrected chi connectivity index (χ4v) is 2.04. The Balaban J connectivity index is 2.22. The van der Waals surface area contributed by atoms with Gasteiger partial charge in [-0.3, -0.25) is 4.79 Å². The highest BCUT2D eigenvalue weighted by Gasteiger charge is 2.10. The van der Waals surface area contributed by atoms with Crippen molar-refractivity contribution in [2.75, 3.05) is 5.32 Å². The minimum atomic E-state index is -0.253. The normalized spacial score (nSPS) is 11.2. The zero-order valence-electron chi connectivity index (χ0n) is 11.3.